The zero-order chi connectivity index (χ0) is 12.4. The van der Waals surface area contributed by atoms with Crippen molar-refractivity contribution >= 4 is 34.8 Å². The van der Waals surface area contributed by atoms with Crippen molar-refractivity contribution in [3.8, 4) is 17.5 Å². The van der Waals surface area contributed by atoms with Gasteiger partial charge in [0.2, 0.25) is 0 Å². The lowest BCUT2D eigenvalue weighted by Gasteiger charge is -2.03. The second-order valence-corrected chi connectivity index (χ2v) is 4.23. The van der Waals surface area contributed by atoms with Crippen LogP contribution >= 0.6 is 34.8 Å². The molecule has 1 heterocycles. The van der Waals surface area contributed by atoms with Crippen molar-refractivity contribution < 1.29 is 0 Å². The molecule has 0 aliphatic heterocycles. The maximum absolute atomic E-state index is 8.68. The molecule has 0 atom stereocenters. The molecule has 1 aromatic heterocycles. The number of hydrogen-bond acceptors (Lipinski definition) is 3. The third-order valence-electron chi connectivity index (χ3n) is 2.04. The lowest BCUT2D eigenvalue weighted by Crippen LogP contribution is -1.91. The fraction of sp³-hybridized carbons (Fsp3) is 0. The lowest BCUT2D eigenvalue weighted by atomic mass is 10.1. The van der Waals surface area contributed by atoms with Gasteiger partial charge in [-0.3, -0.25) is 0 Å². The summed E-state index contributed by atoms with van der Waals surface area (Å²) < 4.78 is 0. The molecule has 0 saturated carbocycles. The van der Waals surface area contributed by atoms with Gasteiger partial charge in [-0.05, 0) is 24.3 Å². The van der Waals surface area contributed by atoms with E-state index in [9.17, 15) is 0 Å². The summed E-state index contributed by atoms with van der Waals surface area (Å²) in [6.45, 7) is 0. The van der Waals surface area contributed by atoms with Gasteiger partial charge in [-0.1, -0.05) is 34.8 Å². The second-order valence-electron chi connectivity index (χ2n) is 3.13. The average molecular weight is 285 g/mol. The molecule has 2 rings (SSSR count). The van der Waals surface area contributed by atoms with Crippen molar-refractivity contribution in [2.24, 2.45) is 0 Å². The van der Waals surface area contributed by atoms with Crippen LogP contribution in [0.2, 0.25) is 15.3 Å². The molecule has 0 aliphatic carbocycles. The van der Waals surface area contributed by atoms with E-state index in [1.807, 2.05) is 6.07 Å². The van der Waals surface area contributed by atoms with Crippen molar-refractivity contribution in [1.29, 1.82) is 5.26 Å². The monoisotopic (exact) mass is 283 g/mol. The molecule has 6 heteroatoms. The highest BCUT2D eigenvalue weighted by Crippen LogP contribution is 2.29. The van der Waals surface area contributed by atoms with Crippen LogP contribution in [0.4, 0.5) is 0 Å². The van der Waals surface area contributed by atoms with Crippen LogP contribution in [0.3, 0.4) is 0 Å². The van der Waals surface area contributed by atoms with Gasteiger partial charge >= 0.3 is 0 Å². The quantitative estimate of drug-likeness (QED) is 0.744. The van der Waals surface area contributed by atoms with E-state index in [0.717, 1.165) is 0 Å². The average Bonchev–Trinajstić information content (AvgIpc) is 2.35. The number of halogens is 3. The summed E-state index contributed by atoms with van der Waals surface area (Å²) in [6.07, 6.45) is 0. The van der Waals surface area contributed by atoms with E-state index in [0.29, 0.717) is 17.0 Å². The molecule has 0 amide bonds. The summed E-state index contributed by atoms with van der Waals surface area (Å²) in [5.74, 6) is 0.369. The smallest absolute Gasteiger partial charge is 0.162 e. The molecule has 0 bridgehead atoms. The first-order valence-electron chi connectivity index (χ1n) is 4.51. The number of nitrogens with zero attached hydrogens (tertiary/aromatic N) is 3. The highest BCUT2D eigenvalue weighted by atomic mass is 35.5. The minimum atomic E-state index is 0.103. The van der Waals surface area contributed by atoms with E-state index in [1.54, 1.807) is 24.3 Å². The highest BCUT2D eigenvalue weighted by molar-refractivity contribution is 6.46. The van der Waals surface area contributed by atoms with Crippen LogP contribution in [0.1, 0.15) is 5.56 Å². The molecule has 0 unspecified atom stereocenters. The lowest BCUT2D eigenvalue weighted by molar-refractivity contribution is 1.18. The first-order chi connectivity index (χ1) is 8.11. The van der Waals surface area contributed by atoms with Crippen LogP contribution in [-0.4, -0.2) is 9.97 Å². The summed E-state index contributed by atoms with van der Waals surface area (Å²) in [5.41, 5.74) is 1.27. The van der Waals surface area contributed by atoms with Gasteiger partial charge in [-0.2, -0.15) is 5.26 Å². The molecular formula is C11H4Cl3N3. The SMILES string of the molecule is N#Cc1ccc(-c2nc(Cl)c(Cl)c(Cl)n2)cc1. The van der Waals surface area contributed by atoms with E-state index in [1.165, 1.54) is 0 Å². The zero-order valence-electron chi connectivity index (χ0n) is 8.28. The van der Waals surface area contributed by atoms with Gasteiger partial charge in [0.25, 0.3) is 0 Å². The van der Waals surface area contributed by atoms with Crippen LogP contribution < -0.4 is 0 Å². The zero-order valence-corrected chi connectivity index (χ0v) is 10.6. The number of hydrogen-bond donors (Lipinski definition) is 0. The minimum absolute atomic E-state index is 0.103. The Morgan fingerprint density at radius 2 is 1.47 bits per heavy atom. The van der Waals surface area contributed by atoms with Crippen LogP contribution in [-0.2, 0) is 0 Å². The summed E-state index contributed by atoms with van der Waals surface area (Å²) >= 11 is 17.4. The van der Waals surface area contributed by atoms with Gasteiger partial charge in [0.05, 0.1) is 11.6 Å². The molecule has 0 N–H and O–H groups in total. The largest absolute Gasteiger partial charge is 0.215 e. The van der Waals surface area contributed by atoms with Gasteiger partial charge < -0.3 is 0 Å². The highest BCUT2D eigenvalue weighted by Gasteiger charge is 2.10. The maximum Gasteiger partial charge on any atom is 0.162 e. The summed E-state index contributed by atoms with van der Waals surface area (Å²) in [5, 5.41) is 9.02. The first kappa shape index (κ1) is 12.1. The molecule has 1 aromatic carbocycles. The Morgan fingerprint density at radius 3 is 1.94 bits per heavy atom. The third-order valence-corrected chi connectivity index (χ3v) is 3.14. The molecule has 84 valence electrons. The normalized spacial score (nSPS) is 10.0. The summed E-state index contributed by atoms with van der Waals surface area (Å²) in [7, 11) is 0. The second kappa shape index (κ2) is 4.89. The van der Waals surface area contributed by atoms with Crippen LogP contribution in [0.15, 0.2) is 24.3 Å². The van der Waals surface area contributed by atoms with Crippen LogP contribution in [0.25, 0.3) is 11.4 Å². The van der Waals surface area contributed by atoms with Crippen LogP contribution in [0.5, 0.6) is 0 Å². The van der Waals surface area contributed by atoms with E-state index in [4.69, 9.17) is 40.1 Å². The standard InChI is InChI=1S/C11H4Cl3N3/c12-8-9(13)16-11(17-10(8)14)7-3-1-6(5-15)2-4-7/h1-4H. The molecule has 0 saturated heterocycles. The molecule has 2 aromatic rings. The number of aromatic nitrogens is 2. The molecular weight excluding hydrogens is 281 g/mol. The fourth-order valence-electron chi connectivity index (χ4n) is 1.22. The topological polar surface area (TPSA) is 49.6 Å². The van der Waals surface area contributed by atoms with Crippen molar-refractivity contribution in [2.75, 3.05) is 0 Å². The molecule has 0 spiro atoms. The van der Waals surface area contributed by atoms with Gasteiger partial charge in [-0.25, -0.2) is 9.97 Å². The molecule has 0 radical (unpaired) electrons. The molecule has 3 nitrogen and oxygen atoms in total. The van der Waals surface area contributed by atoms with Crippen molar-refractivity contribution in [3.63, 3.8) is 0 Å². The Hall–Kier alpha value is -1.34. The Kier molecular flexibility index (Phi) is 3.49. The van der Waals surface area contributed by atoms with E-state index >= 15 is 0 Å². The number of benzene rings is 1. The molecule has 0 aliphatic rings. The summed E-state index contributed by atoms with van der Waals surface area (Å²) in [4.78, 5) is 8.03. The van der Waals surface area contributed by atoms with Gasteiger partial charge in [-0.15, -0.1) is 0 Å². The van der Waals surface area contributed by atoms with Crippen molar-refractivity contribution in [1.82, 2.24) is 9.97 Å². The van der Waals surface area contributed by atoms with E-state index < -0.39 is 0 Å². The minimum Gasteiger partial charge on any atom is -0.215 e. The predicted molar refractivity (Wildman–Crippen MR) is 67.2 cm³/mol. The Bertz CT molecular complexity index is 579. The maximum atomic E-state index is 8.68. The van der Waals surface area contributed by atoms with Gasteiger partial charge in [0, 0.05) is 5.56 Å². The van der Waals surface area contributed by atoms with Crippen molar-refractivity contribution in [2.45, 2.75) is 0 Å². The third kappa shape index (κ3) is 2.50. The molecule has 17 heavy (non-hydrogen) atoms. The Morgan fingerprint density at radius 1 is 0.941 bits per heavy atom. The van der Waals surface area contributed by atoms with Gasteiger partial charge in [0.15, 0.2) is 16.1 Å². The Balaban J connectivity index is 2.50. The number of nitriles is 1. The van der Waals surface area contributed by atoms with E-state index in [-0.39, 0.29) is 15.3 Å². The van der Waals surface area contributed by atoms with Crippen molar-refractivity contribution in [3.05, 3.63) is 45.2 Å². The molecule has 0 fully saturated rings. The van der Waals surface area contributed by atoms with E-state index in [2.05, 4.69) is 9.97 Å². The fourth-order valence-corrected chi connectivity index (χ4v) is 1.69. The Labute approximate surface area is 113 Å². The summed E-state index contributed by atoms with van der Waals surface area (Å²) in [6, 6.07) is 8.78. The number of rotatable bonds is 1. The predicted octanol–water partition coefficient (Wildman–Crippen LogP) is 3.98. The first-order valence-corrected chi connectivity index (χ1v) is 5.64. The van der Waals surface area contributed by atoms with Crippen LogP contribution in [0, 0.1) is 11.3 Å². The van der Waals surface area contributed by atoms with Gasteiger partial charge in [0.1, 0.15) is 5.02 Å².